The molecule has 0 unspecified atom stereocenters. The first kappa shape index (κ1) is 23.2. The summed E-state index contributed by atoms with van der Waals surface area (Å²) in [6, 6.07) is 19.1. The smallest absolute Gasteiger partial charge is 0.292 e. The van der Waals surface area contributed by atoms with E-state index in [9.17, 15) is 24.5 Å². The van der Waals surface area contributed by atoms with Crippen LogP contribution in [0.2, 0.25) is 0 Å². The number of para-hydroxylation sites is 3. The van der Waals surface area contributed by atoms with Gasteiger partial charge in [0.2, 0.25) is 5.78 Å². The van der Waals surface area contributed by atoms with E-state index in [1.165, 1.54) is 24.3 Å². The Morgan fingerprint density at radius 2 is 1.49 bits per heavy atom. The van der Waals surface area contributed by atoms with E-state index < -0.39 is 28.9 Å². The third-order valence-corrected chi connectivity index (χ3v) is 5.17. The molecule has 0 atom stereocenters. The van der Waals surface area contributed by atoms with Gasteiger partial charge >= 0.3 is 0 Å². The second kappa shape index (κ2) is 9.87. The molecule has 10 nitrogen and oxygen atoms in total. The van der Waals surface area contributed by atoms with Crippen molar-refractivity contribution < 1.29 is 19.3 Å². The number of carbonyl (C=O) groups excluding carboxylic acids is 3. The summed E-state index contributed by atoms with van der Waals surface area (Å²) in [6.45, 7) is 1.84. The quantitative estimate of drug-likeness (QED) is 0.238. The molecule has 0 aliphatic carbocycles. The fourth-order valence-corrected chi connectivity index (χ4v) is 3.34. The number of benzene rings is 3. The minimum Gasteiger partial charge on any atom is -0.320 e. The number of non-ortho nitro benzene ring substituents is 1. The predicted molar refractivity (Wildman–Crippen MR) is 129 cm³/mol. The van der Waals surface area contributed by atoms with Gasteiger partial charge in [0.25, 0.3) is 17.5 Å². The van der Waals surface area contributed by atoms with Crippen LogP contribution in [0.1, 0.15) is 21.7 Å². The number of nitro groups is 1. The SMILES string of the molecule is Cc1ccccc1NC(=O)c1nc2ccccc2nc1CC(=O)C(=O)Nc1ccc([N+](=O)[O-])cc1. The number of nitrogens with zero attached hydrogens (tertiary/aromatic N) is 3. The average Bonchev–Trinajstić information content (AvgIpc) is 2.85. The van der Waals surface area contributed by atoms with Crippen LogP contribution in [-0.4, -0.2) is 32.5 Å². The summed E-state index contributed by atoms with van der Waals surface area (Å²) in [6.07, 6.45) is -0.465. The zero-order valence-electron chi connectivity index (χ0n) is 18.5. The topological polar surface area (TPSA) is 144 Å². The van der Waals surface area contributed by atoms with Gasteiger partial charge in [0.15, 0.2) is 5.69 Å². The first-order valence-corrected chi connectivity index (χ1v) is 10.5. The molecule has 0 bridgehead atoms. The number of anilines is 2. The third kappa shape index (κ3) is 5.33. The van der Waals surface area contributed by atoms with Crippen LogP contribution in [0.3, 0.4) is 0 Å². The van der Waals surface area contributed by atoms with Gasteiger partial charge in [-0.25, -0.2) is 9.97 Å². The van der Waals surface area contributed by atoms with E-state index in [4.69, 9.17) is 0 Å². The molecule has 1 heterocycles. The normalized spacial score (nSPS) is 10.5. The van der Waals surface area contributed by atoms with Gasteiger partial charge < -0.3 is 10.6 Å². The van der Waals surface area contributed by atoms with Crippen LogP contribution in [0.5, 0.6) is 0 Å². The highest BCUT2D eigenvalue weighted by Crippen LogP contribution is 2.19. The van der Waals surface area contributed by atoms with Crippen molar-refractivity contribution in [2.45, 2.75) is 13.3 Å². The Labute approximate surface area is 199 Å². The Morgan fingerprint density at radius 3 is 2.14 bits per heavy atom. The number of ketones is 1. The molecule has 2 N–H and O–H groups in total. The summed E-state index contributed by atoms with van der Waals surface area (Å²) in [5.74, 6) is -2.35. The Hall–Kier alpha value is -4.99. The van der Waals surface area contributed by atoms with Crippen molar-refractivity contribution in [3.05, 3.63) is 99.9 Å². The Balaban J connectivity index is 1.59. The molecule has 2 amide bonds. The van der Waals surface area contributed by atoms with Gasteiger partial charge in [0.1, 0.15) is 0 Å². The monoisotopic (exact) mass is 469 g/mol. The van der Waals surface area contributed by atoms with Crippen LogP contribution in [0, 0.1) is 17.0 Å². The lowest BCUT2D eigenvalue weighted by atomic mass is 10.1. The van der Waals surface area contributed by atoms with Crippen molar-refractivity contribution in [3.8, 4) is 0 Å². The number of carbonyl (C=O) groups is 3. The Kier molecular flexibility index (Phi) is 6.54. The molecular formula is C25H19N5O5. The van der Waals surface area contributed by atoms with Crippen molar-refractivity contribution in [3.63, 3.8) is 0 Å². The number of hydrogen-bond acceptors (Lipinski definition) is 7. The molecule has 0 radical (unpaired) electrons. The molecule has 10 heteroatoms. The van der Waals surface area contributed by atoms with Crippen molar-refractivity contribution in [1.82, 2.24) is 9.97 Å². The van der Waals surface area contributed by atoms with Crippen LogP contribution in [0.15, 0.2) is 72.8 Å². The molecule has 0 fully saturated rings. The Bertz CT molecular complexity index is 1470. The van der Waals surface area contributed by atoms with Crippen LogP contribution < -0.4 is 10.6 Å². The minimum absolute atomic E-state index is 0.0543. The van der Waals surface area contributed by atoms with Gasteiger partial charge in [-0.15, -0.1) is 0 Å². The molecule has 174 valence electrons. The van der Waals surface area contributed by atoms with Crippen molar-refractivity contribution in [1.29, 1.82) is 0 Å². The van der Waals surface area contributed by atoms with Crippen LogP contribution in [-0.2, 0) is 16.0 Å². The number of aryl methyl sites for hydroxylation is 1. The molecule has 0 aliphatic heterocycles. The lowest BCUT2D eigenvalue weighted by Gasteiger charge is -2.11. The van der Waals surface area contributed by atoms with E-state index in [2.05, 4.69) is 20.6 Å². The maximum atomic E-state index is 13.1. The Morgan fingerprint density at radius 1 is 0.857 bits per heavy atom. The molecule has 0 saturated carbocycles. The van der Waals surface area contributed by atoms with Crippen LogP contribution in [0.4, 0.5) is 17.1 Å². The van der Waals surface area contributed by atoms with Crippen molar-refractivity contribution >= 4 is 45.7 Å². The highest BCUT2D eigenvalue weighted by Gasteiger charge is 2.23. The summed E-state index contributed by atoms with van der Waals surface area (Å²) in [5.41, 5.74) is 2.42. The van der Waals surface area contributed by atoms with Gasteiger partial charge in [-0.05, 0) is 42.8 Å². The van der Waals surface area contributed by atoms with Gasteiger partial charge in [0, 0.05) is 23.5 Å². The average molecular weight is 469 g/mol. The number of nitrogens with one attached hydrogen (secondary N) is 2. The molecule has 0 spiro atoms. The van der Waals surface area contributed by atoms with E-state index in [-0.39, 0.29) is 22.8 Å². The highest BCUT2D eigenvalue weighted by atomic mass is 16.6. The maximum absolute atomic E-state index is 13.1. The first-order chi connectivity index (χ1) is 16.8. The number of Topliss-reactive ketones (excluding diaryl/α,β-unsaturated/α-hetero) is 1. The standard InChI is InChI=1S/C25H19N5O5/c1-15-6-2-3-7-18(15)29-25(33)23-21(27-19-8-4-5-9-20(19)28-23)14-22(31)24(32)26-16-10-12-17(13-11-16)30(34)35/h2-13H,14H2,1H3,(H,26,32)(H,29,33). The first-order valence-electron chi connectivity index (χ1n) is 10.5. The maximum Gasteiger partial charge on any atom is 0.292 e. The fourth-order valence-electron chi connectivity index (χ4n) is 3.34. The molecule has 3 aromatic carbocycles. The molecule has 4 aromatic rings. The third-order valence-electron chi connectivity index (χ3n) is 5.17. The molecule has 35 heavy (non-hydrogen) atoms. The number of nitro benzene ring substituents is 1. The number of hydrogen-bond donors (Lipinski definition) is 2. The number of rotatable bonds is 7. The van der Waals surface area contributed by atoms with Crippen LogP contribution in [0.25, 0.3) is 11.0 Å². The predicted octanol–water partition coefficient (Wildman–Crippen LogP) is 3.85. The summed E-state index contributed by atoms with van der Waals surface area (Å²) in [5, 5.41) is 16.0. The van der Waals surface area contributed by atoms with Crippen molar-refractivity contribution in [2.75, 3.05) is 10.6 Å². The zero-order valence-corrected chi connectivity index (χ0v) is 18.5. The van der Waals surface area contributed by atoms with E-state index in [1.54, 1.807) is 36.4 Å². The number of aromatic nitrogens is 2. The summed E-state index contributed by atoms with van der Waals surface area (Å²) in [4.78, 5) is 57.3. The lowest BCUT2D eigenvalue weighted by Crippen LogP contribution is -2.27. The molecule has 0 saturated heterocycles. The van der Waals surface area contributed by atoms with E-state index in [0.717, 1.165) is 5.56 Å². The minimum atomic E-state index is -0.945. The van der Waals surface area contributed by atoms with Gasteiger partial charge in [-0.3, -0.25) is 24.5 Å². The van der Waals surface area contributed by atoms with E-state index >= 15 is 0 Å². The van der Waals surface area contributed by atoms with E-state index in [0.29, 0.717) is 16.7 Å². The van der Waals surface area contributed by atoms with Gasteiger partial charge in [0.05, 0.1) is 28.1 Å². The van der Waals surface area contributed by atoms with Gasteiger partial charge in [-0.1, -0.05) is 30.3 Å². The largest absolute Gasteiger partial charge is 0.320 e. The molecule has 4 rings (SSSR count). The fraction of sp³-hybridized carbons (Fsp3) is 0.0800. The lowest BCUT2D eigenvalue weighted by molar-refractivity contribution is -0.384. The second-order valence-electron chi connectivity index (χ2n) is 7.63. The van der Waals surface area contributed by atoms with Crippen LogP contribution >= 0.6 is 0 Å². The van der Waals surface area contributed by atoms with Crippen molar-refractivity contribution in [2.24, 2.45) is 0 Å². The van der Waals surface area contributed by atoms with E-state index in [1.807, 2.05) is 19.1 Å². The summed E-state index contributed by atoms with van der Waals surface area (Å²) in [7, 11) is 0. The molecular weight excluding hydrogens is 450 g/mol. The molecule has 0 aliphatic rings. The highest BCUT2D eigenvalue weighted by molar-refractivity contribution is 6.41. The second-order valence-corrected chi connectivity index (χ2v) is 7.63. The van der Waals surface area contributed by atoms with Gasteiger partial charge in [-0.2, -0.15) is 0 Å². The zero-order chi connectivity index (χ0) is 24.9. The number of fused-ring (bicyclic) bond motifs is 1. The summed E-state index contributed by atoms with van der Waals surface area (Å²) < 4.78 is 0. The number of amides is 2. The summed E-state index contributed by atoms with van der Waals surface area (Å²) >= 11 is 0. The molecule has 1 aromatic heterocycles.